The van der Waals surface area contributed by atoms with Gasteiger partial charge >= 0.3 is 0 Å². The van der Waals surface area contributed by atoms with Crippen molar-refractivity contribution in [1.82, 2.24) is 5.32 Å². The van der Waals surface area contributed by atoms with E-state index in [0.29, 0.717) is 6.04 Å². The Morgan fingerprint density at radius 2 is 1.75 bits per heavy atom. The van der Waals surface area contributed by atoms with E-state index in [9.17, 15) is 4.79 Å². The van der Waals surface area contributed by atoms with Gasteiger partial charge in [0, 0.05) is 12.0 Å². The molecule has 0 aromatic carbocycles. The summed E-state index contributed by atoms with van der Waals surface area (Å²) in [5.41, 5.74) is 0. The molecule has 0 aliphatic heterocycles. The van der Waals surface area contributed by atoms with Gasteiger partial charge in [-0.2, -0.15) is 0 Å². The van der Waals surface area contributed by atoms with Crippen molar-refractivity contribution in [1.29, 1.82) is 0 Å². The third-order valence-corrected chi connectivity index (χ3v) is 1.45. The fraction of sp³-hybridized carbons (Fsp3) is 0.900. The van der Waals surface area contributed by atoms with Crippen LogP contribution >= 0.6 is 0 Å². The minimum Gasteiger partial charge on any atom is -0.353 e. The summed E-state index contributed by atoms with van der Waals surface area (Å²) in [6.07, 6.45) is 2.36. The van der Waals surface area contributed by atoms with E-state index in [4.69, 9.17) is 0 Å². The maximum atomic E-state index is 10.9. The first-order chi connectivity index (χ1) is 5.20. The zero-order valence-corrected chi connectivity index (χ0v) is 7.98. The summed E-state index contributed by atoms with van der Waals surface area (Å²) in [5.74, 6) is 0.336. The van der Waals surface area contributed by atoms with Crippen LogP contribution in [0.4, 0.5) is 0 Å². The molecule has 1 aliphatic carbocycles. The largest absolute Gasteiger partial charge is 0.353 e. The zero-order chi connectivity index (χ0) is 8.85. The number of carbonyl (C=O) groups is 1. The molecule has 1 N–H and O–H groups in total. The normalized spacial score (nSPS) is 14.1. The van der Waals surface area contributed by atoms with E-state index in [1.165, 1.54) is 12.8 Å². The lowest BCUT2D eigenvalue weighted by Crippen LogP contribution is -2.29. The number of carbonyl (C=O) groups excluding carboxylic acids is 1. The number of hydrogen-bond acceptors (Lipinski definition) is 1. The lowest BCUT2D eigenvalue weighted by atomic mass is 10.2. The molecule has 1 aliphatic rings. The maximum absolute atomic E-state index is 10.9. The Morgan fingerprint density at radius 3 is 2.00 bits per heavy atom. The molecule has 1 amide bonds. The molecule has 74 valence electrons. The van der Waals surface area contributed by atoms with Gasteiger partial charge in [-0.3, -0.25) is 4.79 Å². The topological polar surface area (TPSA) is 29.1 Å². The molecule has 0 atom stereocenters. The van der Waals surface area contributed by atoms with Crippen molar-refractivity contribution in [3.8, 4) is 0 Å². The Morgan fingerprint density at radius 1 is 1.33 bits per heavy atom. The smallest absolute Gasteiger partial charge is 0.222 e. The summed E-state index contributed by atoms with van der Waals surface area (Å²) in [5, 5.41) is 2.91. The van der Waals surface area contributed by atoms with Crippen LogP contribution in [0.25, 0.3) is 0 Å². The van der Waals surface area contributed by atoms with Gasteiger partial charge in [-0.05, 0) is 12.8 Å². The predicted octanol–water partition coefficient (Wildman–Crippen LogP) is 2.58. The Balaban J connectivity index is 0. The molecule has 1 saturated carbocycles. The van der Waals surface area contributed by atoms with Crippen molar-refractivity contribution in [3.63, 3.8) is 0 Å². The maximum Gasteiger partial charge on any atom is 0.222 e. The minimum absolute atomic E-state index is 0. The van der Waals surface area contributed by atoms with Crippen LogP contribution in [0.1, 0.15) is 48.0 Å². The van der Waals surface area contributed by atoms with Crippen LogP contribution in [0, 0.1) is 5.92 Å². The van der Waals surface area contributed by atoms with Gasteiger partial charge in [-0.15, -0.1) is 0 Å². The van der Waals surface area contributed by atoms with Crippen LogP contribution in [-0.4, -0.2) is 11.9 Å². The van der Waals surface area contributed by atoms with Gasteiger partial charge in [0.15, 0.2) is 0 Å². The van der Waals surface area contributed by atoms with Gasteiger partial charge in [-0.25, -0.2) is 0 Å². The molecule has 2 nitrogen and oxygen atoms in total. The molecule has 0 bridgehead atoms. The fourth-order valence-corrected chi connectivity index (χ4v) is 0.596. The Hall–Kier alpha value is -0.530. The van der Waals surface area contributed by atoms with Crippen LogP contribution in [0.2, 0.25) is 0 Å². The van der Waals surface area contributed by atoms with Gasteiger partial charge in [0.05, 0.1) is 0 Å². The number of nitrogens with one attached hydrogen (secondary N) is 1. The van der Waals surface area contributed by atoms with E-state index in [2.05, 4.69) is 5.32 Å². The van der Waals surface area contributed by atoms with Gasteiger partial charge in [-0.1, -0.05) is 35.1 Å². The summed E-state index contributed by atoms with van der Waals surface area (Å²) >= 11 is 0. The average molecular weight is 173 g/mol. The molecule has 0 aromatic heterocycles. The summed E-state index contributed by atoms with van der Waals surface area (Å²) in [4.78, 5) is 10.9. The molecule has 0 radical (unpaired) electrons. The third kappa shape index (κ3) is 6.20. The summed E-state index contributed by atoms with van der Waals surface area (Å²) < 4.78 is 0. The molecule has 0 aromatic rings. The van der Waals surface area contributed by atoms with Crippen molar-refractivity contribution < 1.29 is 4.79 Å². The van der Waals surface area contributed by atoms with Crippen molar-refractivity contribution in [2.24, 2.45) is 5.92 Å². The van der Waals surface area contributed by atoms with Gasteiger partial charge in [0.2, 0.25) is 5.91 Å². The monoisotopic (exact) mass is 173 g/mol. The predicted molar refractivity (Wildman–Crippen MR) is 54.1 cm³/mol. The van der Waals surface area contributed by atoms with Crippen LogP contribution in [0.3, 0.4) is 0 Å². The van der Waals surface area contributed by atoms with E-state index in [-0.39, 0.29) is 19.3 Å². The van der Waals surface area contributed by atoms with Gasteiger partial charge < -0.3 is 5.32 Å². The highest BCUT2D eigenvalue weighted by Gasteiger charge is 2.23. The first kappa shape index (κ1) is 14.0. The zero-order valence-electron chi connectivity index (χ0n) is 7.98. The summed E-state index contributed by atoms with van der Waals surface area (Å²) in [6, 6.07) is 0.514. The second-order valence-electron chi connectivity index (χ2n) is 2.94. The Labute approximate surface area is 76.7 Å². The van der Waals surface area contributed by atoms with E-state index in [0.717, 1.165) is 0 Å². The molecule has 0 heterocycles. The van der Waals surface area contributed by atoms with Crippen molar-refractivity contribution in [2.45, 2.75) is 54.0 Å². The lowest BCUT2D eigenvalue weighted by molar-refractivity contribution is -0.124. The van der Waals surface area contributed by atoms with Crippen LogP contribution < -0.4 is 5.32 Å². The number of rotatable bonds is 2. The van der Waals surface area contributed by atoms with Crippen LogP contribution in [0.15, 0.2) is 0 Å². The Kier molecular flexibility index (Phi) is 8.34. The summed E-state index contributed by atoms with van der Waals surface area (Å²) in [7, 11) is 0. The second kappa shape index (κ2) is 7.14. The van der Waals surface area contributed by atoms with Crippen molar-refractivity contribution >= 4 is 5.91 Å². The molecular formula is C10H23NO. The van der Waals surface area contributed by atoms with E-state index >= 15 is 0 Å². The summed E-state index contributed by atoms with van der Waals surface area (Å²) in [6.45, 7) is 7.83. The van der Waals surface area contributed by atoms with Gasteiger partial charge in [0.1, 0.15) is 0 Å². The first-order valence-corrected chi connectivity index (χ1v) is 4.50. The molecule has 0 saturated heterocycles. The van der Waals surface area contributed by atoms with Crippen LogP contribution in [-0.2, 0) is 4.79 Å². The van der Waals surface area contributed by atoms with E-state index in [1.807, 2.05) is 27.7 Å². The first-order valence-electron chi connectivity index (χ1n) is 4.50. The van der Waals surface area contributed by atoms with Crippen molar-refractivity contribution in [2.75, 3.05) is 0 Å². The van der Waals surface area contributed by atoms with Gasteiger partial charge in [0.25, 0.3) is 0 Å². The molecular weight excluding hydrogens is 150 g/mol. The third-order valence-electron chi connectivity index (χ3n) is 1.45. The highest BCUT2D eigenvalue weighted by atomic mass is 16.1. The van der Waals surface area contributed by atoms with E-state index in [1.54, 1.807) is 0 Å². The highest BCUT2D eigenvalue weighted by molar-refractivity contribution is 5.78. The highest BCUT2D eigenvalue weighted by Crippen LogP contribution is 2.18. The van der Waals surface area contributed by atoms with Crippen LogP contribution in [0.5, 0.6) is 0 Å². The second-order valence-corrected chi connectivity index (χ2v) is 2.94. The van der Waals surface area contributed by atoms with E-state index < -0.39 is 0 Å². The minimum atomic E-state index is 0. The molecule has 1 fully saturated rings. The average Bonchev–Trinajstić information content (AvgIpc) is 2.76. The molecule has 12 heavy (non-hydrogen) atoms. The molecule has 0 spiro atoms. The molecule has 0 unspecified atom stereocenters. The number of hydrogen-bond donors (Lipinski definition) is 1. The quantitative estimate of drug-likeness (QED) is 0.683. The standard InChI is InChI=1S/C7H13NO.C2H6.CH4/c1-5(2)7(9)8-6-3-4-6;1-2;/h5-6H,3-4H2,1-2H3,(H,8,9);1-2H3;1H4. The molecule has 1 rings (SSSR count). The fourth-order valence-electron chi connectivity index (χ4n) is 0.596. The SMILES string of the molecule is C.CC.CC(C)C(=O)NC1CC1. The number of amides is 1. The Bertz CT molecular complexity index is 117. The lowest BCUT2D eigenvalue weighted by Gasteiger charge is -2.04. The van der Waals surface area contributed by atoms with Crippen molar-refractivity contribution in [3.05, 3.63) is 0 Å². The molecule has 2 heteroatoms.